The van der Waals surface area contributed by atoms with Gasteiger partial charge in [0.2, 0.25) is 0 Å². The van der Waals surface area contributed by atoms with Crippen molar-refractivity contribution in [2.75, 3.05) is 19.8 Å². The van der Waals surface area contributed by atoms with Gasteiger partial charge in [-0.15, -0.1) is 0 Å². The molecule has 2 rings (SSSR count). The Morgan fingerprint density at radius 1 is 1.71 bits per heavy atom. The molecule has 14 heavy (non-hydrogen) atoms. The fourth-order valence-corrected chi connectivity index (χ4v) is 1.46. The van der Waals surface area contributed by atoms with Crippen molar-refractivity contribution in [3.63, 3.8) is 0 Å². The zero-order valence-electron chi connectivity index (χ0n) is 8.31. The Labute approximate surface area is 83.6 Å². The van der Waals surface area contributed by atoms with Crippen molar-refractivity contribution in [2.24, 2.45) is 7.05 Å². The van der Waals surface area contributed by atoms with Gasteiger partial charge >= 0.3 is 0 Å². The Hall–Kier alpha value is -1.13. The quantitative estimate of drug-likeness (QED) is 0.740. The second-order valence-electron chi connectivity index (χ2n) is 3.44. The topological polar surface area (TPSA) is 39.1 Å². The maximum atomic E-state index is 5.34. The lowest BCUT2D eigenvalue weighted by atomic mass is 10.2. The van der Waals surface area contributed by atoms with Gasteiger partial charge in [-0.2, -0.15) is 5.10 Å². The number of nitrogens with one attached hydrogen (secondary N) is 1. The molecule has 4 nitrogen and oxygen atoms in total. The number of hydrogen-bond donors (Lipinski definition) is 1. The van der Waals surface area contributed by atoms with Crippen molar-refractivity contribution in [1.29, 1.82) is 0 Å². The maximum absolute atomic E-state index is 5.34. The predicted octanol–water partition coefficient (Wildman–Crippen LogP) is 0.422. The van der Waals surface area contributed by atoms with E-state index in [0.717, 1.165) is 25.3 Å². The molecule has 2 heterocycles. The van der Waals surface area contributed by atoms with Gasteiger partial charge in [0, 0.05) is 31.4 Å². The molecule has 0 saturated carbocycles. The average molecular weight is 193 g/mol. The molecule has 4 heteroatoms. The van der Waals surface area contributed by atoms with E-state index in [2.05, 4.69) is 22.6 Å². The van der Waals surface area contributed by atoms with Crippen molar-refractivity contribution in [3.05, 3.63) is 24.0 Å². The Morgan fingerprint density at radius 3 is 3.29 bits per heavy atom. The molecule has 1 unspecified atom stereocenters. The zero-order chi connectivity index (χ0) is 9.80. The van der Waals surface area contributed by atoms with Crippen LogP contribution in [0.5, 0.6) is 0 Å². The van der Waals surface area contributed by atoms with Crippen LogP contribution in [-0.2, 0) is 11.8 Å². The van der Waals surface area contributed by atoms with Crippen molar-refractivity contribution in [1.82, 2.24) is 15.1 Å². The van der Waals surface area contributed by atoms with Crippen LogP contribution in [0.4, 0.5) is 0 Å². The Kier molecular flexibility index (Phi) is 2.96. The van der Waals surface area contributed by atoms with E-state index in [1.54, 1.807) is 4.68 Å². The number of ether oxygens (including phenoxy) is 1. The highest BCUT2D eigenvalue weighted by atomic mass is 16.5. The standard InChI is InChI=1S/C10H15N3O/c1-13-7-9(6-12-13)2-3-10-8-14-5-4-11-10/h2-3,6-7,10-11H,4-5,8H2,1H3/b3-2+. The minimum Gasteiger partial charge on any atom is -0.378 e. The largest absolute Gasteiger partial charge is 0.378 e. The van der Waals surface area contributed by atoms with Crippen molar-refractivity contribution in [2.45, 2.75) is 6.04 Å². The van der Waals surface area contributed by atoms with E-state index >= 15 is 0 Å². The van der Waals surface area contributed by atoms with Gasteiger partial charge in [-0.25, -0.2) is 0 Å². The molecule has 1 saturated heterocycles. The molecule has 0 bridgehead atoms. The predicted molar refractivity (Wildman–Crippen MR) is 54.9 cm³/mol. The van der Waals surface area contributed by atoms with Crippen LogP contribution < -0.4 is 5.32 Å². The second kappa shape index (κ2) is 4.39. The smallest absolute Gasteiger partial charge is 0.0656 e. The second-order valence-corrected chi connectivity index (χ2v) is 3.44. The lowest BCUT2D eigenvalue weighted by Gasteiger charge is -2.20. The molecule has 1 aliphatic heterocycles. The summed E-state index contributed by atoms with van der Waals surface area (Å²) in [7, 11) is 1.92. The summed E-state index contributed by atoms with van der Waals surface area (Å²) in [5.74, 6) is 0. The van der Waals surface area contributed by atoms with Crippen molar-refractivity contribution >= 4 is 6.08 Å². The highest BCUT2D eigenvalue weighted by Gasteiger charge is 2.08. The van der Waals surface area contributed by atoms with Gasteiger partial charge in [0.15, 0.2) is 0 Å². The Balaban J connectivity index is 1.92. The molecule has 0 radical (unpaired) electrons. The maximum Gasteiger partial charge on any atom is 0.0656 e. The van der Waals surface area contributed by atoms with Crippen LogP contribution in [0.15, 0.2) is 18.5 Å². The van der Waals surface area contributed by atoms with Crippen molar-refractivity contribution < 1.29 is 4.74 Å². The number of morpholine rings is 1. The molecule has 0 spiro atoms. The first kappa shape index (κ1) is 9.43. The van der Waals surface area contributed by atoms with E-state index in [4.69, 9.17) is 4.74 Å². The summed E-state index contributed by atoms with van der Waals surface area (Å²) in [5, 5.41) is 7.45. The van der Waals surface area contributed by atoms with Gasteiger partial charge in [0.25, 0.3) is 0 Å². The molecule has 1 fully saturated rings. The van der Waals surface area contributed by atoms with E-state index in [1.165, 1.54) is 0 Å². The van der Waals surface area contributed by atoms with Gasteiger partial charge in [0.05, 0.1) is 19.4 Å². The van der Waals surface area contributed by atoms with E-state index in [0.29, 0.717) is 6.04 Å². The summed E-state index contributed by atoms with van der Waals surface area (Å²) >= 11 is 0. The van der Waals surface area contributed by atoms with Crippen LogP contribution in [0.25, 0.3) is 6.08 Å². The third-order valence-corrected chi connectivity index (χ3v) is 2.20. The van der Waals surface area contributed by atoms with Crippen LogP contribution >= 0.6 is 0 Å². The number of aromatic nitrogens is 2. The van der Waals surface area contributed by atoms with E-state index < -0.39 is 0 Å². The molecular formula is C10H15N3O. The van der Waals surface area contributed by atoms with Gasteiger partial charge in [-0.1, -0.05) is 12.2 Å². The molecule has 1 N–H and O–H groups in total. The third-order valence-electron chi connectivity index (χ3n) is 2.20. The first-order chi connectivity index (χ1) is 6.84. The van der Waals surface area contributed by atoms with Gasteiger partial charge in [-0.3, -0.25) is 4.68 Å². The van der Waals surface area contributed by atoms with Crippen molar-refractivity contribution in [3.8, 4) is 0 Å². The fourth-order valence-electron chi connectivity index (χ4n) is 1.46. The van der Waals surface area contributed by atoms with E-state index in [-0.39, 0.29) is 0 Å². The molecule has 1 atom stereocenters. The normalized spacial score (nSPS) is 23.1. The van der Waals surface area contributed by atoms with Crippen LogP contribution in [0.1, 0.15) is 5.56 Å². The minimum atomic E-state index is 0.337. The number of aryl methyl sites for hydroxylation is 1. The third kappa shape index (κ3) is 2.43. The number of rotatable bonds is 2. The molecule has 1 aromatic heterocycles. The molecule has 0 aromatic carbocycles. The zero-order valence-corrected chi connectivity index (χ0v) is 8.31. The summed E-state index contributed by atoms with van der Waals surface area (Å²) in [6.07, 6.45) is 8.02. The van der Waals surface area contributed by atoms with Gasteiger partial charge in [-0.05, 0) is 0 Å². The lowest BCUT2D eigenvalue weighted by molar-refractivity contribution is 0.0903. The van der Waals surface area contributed by atoms with Gasteiger partial charge in [0.1, 0.15) is 0 Å². The minimum absolute atomic E-state index is 0.337. The van der Waals surface area contributed by atoms with Gasteiger partial charge < -0.3 is 10.1 Å². The van der Waals surface area contributed by atoms with E-state index in [1.807, 2.05) is 19.4 Å². The van der Waals surface area contributed by atoms with E-state index in [9.17, 15) is 0 Å². The first-order valence-electron chi connectivity index (χ1n) is 4.82. The summed E-state index contributed by atoms with van der Waals surface area (Å²) in [4.78, 5) is 0. The Bertz CT molecular complexity index is 313. The van der Waals surface area contributed by atoms with Crippen LogP contribution in [0.2, 0.25) is 0 Å². The highest BCUT2D eigenvalue weighted by molar-refractivity contribution is 5.47. The number of nitrogens with zero attached hydrogens (tertiary/aromatic N) is 2. The average Bonchev–Trinajstić information content (AvgIpc) is 2.63. The number of hydrogen-bond acceptors (Lipinski definition) is 3. The summed E-state index contributed by atoms with van der Waals surface area (Å²) in [6.45, 7) is 2.51. The van der Waals surface area contributed by atoms with Crippen LogP contribution in [0.3, 0.4) is 0 Å². The summed E-state index contributed by atoms with van der Waals surface area (Å²) in [5.41, 5.74) is 1.12. The molecule has 1 aromatic rings. The molecular weight excluding hydrogens is 178 g/mol. The lowest BCUT2D eigenvalue weighted by Crippen LogP contribution is -2.39. The van der Waals surface area contributed by atoms with Crippen LogP contribution in [-0.4, -0.2) is 35.6 Å². The summed E-state index contributed by atoms with van der Waals surface area (Å²) < 4.78 is 7.14. The fraction of sp³-hybridized carbons (Fsp3) is 0.500. The highest BCUT2D eigenvalue weighted by Crippen LogP contribution is 2.02. The van der Waals surface area contributed by atoms with Crippen LogP contribution in [0, 0.1) is 0 Å². The first-order valence-corrected chi connectivity index (χ1v) is 4.82. The SMILES string of the molecule is Cn1cc(/C=C/C2COCCN2)cn1. The Morgan fingerprint density at radius 2 is 2.64 bits per heavy atom. The molecule has 76 valence electrons. The molecule has 1 aliphatic rings. The molecule has 0 amide bonds. The molecule has 0 aliphatic carbocycles. The summed E-state index contributed by atoms with van der Waals surface area (Å²) in [6, 6.07) is 0.337. The monoisotopic (exact) mass is 193 g/mol.